The third-order valence-electron chi connectivity index (χ3n) is 7.86. The molecule has 1 aliphatic heterocycles. The Balaban J connectivity index is 0.00000280. The molecule has 194 valence electrons. The summed E-state index contributed by atoms with van der Waals surface area (Å²) in [6.07, 6.45) is 7.90. The van der Waals surface area contributed by atoms with E-state index in [4.69, 9.17) is 4.74 Å². The molecule has 8 nitrogen and oxygen atoms in total. The molecule has 1 amide bonds. The summed E-state index contributed by atoms with van der Waals surface area (Å²) in [5, 5.41) is 10.1. The zero-order chi connectivity index (χ0) is 24.8. The molecule has 1 aliphatic carbocycles. The largest absolute Gasteiger partial charge is 0.496 e. The summed E-state index contributed by atoms with van der Waals surface area (Å²) in [6, 6.07) is 11.2. The summed E-state index contributed by atoms with van der Waals surface area (Å²) in [5.74, 6) is 1.40. The lowest BCUT2D eigenvalue weighted by Gasteiger charge is -2.36. The van der Waals surface area contributed by atoms with Crippen molar-refractivity contribution >= 4 is 34.9 Å². The van der Waals surface area contributed by atoms with Gasteiger partial charge >= 0.3 is 0 Å². The van der Waals surface area contributed by atoms with E-state index in [0.717, 1.165) is 48.2 Å². The average molecular weight is 523 g/mol. The first kappa shape index (κ1) is 25.3. The molecule has 4 aromatic rings. The van der Waals surface area contributed by atoms with Gasteiger partial charge in [-0.15, -0.1) is 12.4 Å². The van der Waals surface area contributed by atoms with E-state index in [0.29, 0.717) is 41.2 Å². The number of aliphatic hydroxyl groups is 1. The van der Waals surface area contributed by atoms with Crippen LogP contribution in [0.2, 0.25) is 0 Å². The van der Waals surface area contributed by atoms with Crippen LogP contribution >= 0.6 is 12.4 Å². The Morgan fingerprint density at radius 1 is 1.14 bits per heavy atom. The van der Waals surface area contributed by atoms with Crippen LogP contribution in [0.15, 0.2) is 47.4 Å². The van der Waals surface area contributed by atoms with Crippen molar-refractivity contribution in [1.29, 1.82) is 0 Å². The van der Waals surface area contributed by atoms with E-state index in [9.17, 15) is 14.7 Å². The molecule has 2 aliphatic rings. The molecule has 1 saturated carbocycles. The van der Waals surface area contributed by atoms with Crippen molar-refractivity contribution in [2.24, 2.45) is 0 Å². The van der Waals surface area contributed by atoms with E-state index in [1.165, 1.54) is 6.42 Å². The molecule has 37 heavy (non-hydrogen) atoms. The number of nitrogens with one attached hydrogen (secondary N) is 1. The predicted octanol–water partition coefficient (Wildman–Crippen LogP) is 4.21. The highest BCUT2D eigenvalue weighted by Crippen LogP contribution is 2.35. The number of hydrogen-bond donors (Lipinski definition) is 2. The van der Waals surface area contributed by atoms with Crippen molar-refractivity contribution in [3.05, 3.63) is 75.5 Å². The number of hydrogen-bond acceptors (Lipinski definition) is 5. The van der Waals surface area contributed by atoms with E-state index in [1.807, 2.05) is 34.7 Å². The van der Waals surface area contributed by atoms with Gasteiger partial charge in [-0.3, -0.25) is 14.0 Å². The van der Waals surface area contributed by atoms with Crippen LogP contribution in [0.5, 0.6) is 5.75 Å². The second kappa shape index (κ2) is 10.2. The third-order valence-corrected chi connectivity index (χ3v) is 7.86. The second-order valence-corrected chi connectivity index (χ2v) is 9.94. The topological polar surface area (TPSA) is 99.9 Å². The van der Waals surface area contributed by atoms with Crippen molar-refractivity contribution in [1.82, 2.24) is 19.3 Å². The SMILES string of the molecule is COc1cc2c(cc1C(=O)N1Cc3ccccc3C[C@@H]1CO)[nH]c(=O)c1cnc(C3CCCCC3)n12.Cl. The van der Waals surface area contributed by atoms with Crippen LogP contribution < -0.4 is 10.3 Å². The number of aromatic nitrogens is 3. The van der Waals surface area contributed by atoms with Gasteiger partial charge in [0.25, 0.3) is 11.5 Å². The van der Waals surface area contributed by atoms with Gasteiger partial charge in [0.2, 0.25) is 0 Å². The van der Waals surface area contributed by atoms with Gasteiger partial charge in [0.15, 0.2) is 0 Å². The summed E-state index contributed by atoms with van der Waals surface area (Å²) in [4.78, 5) is 36.1. The lowest BCUT2D eigenvalue weighted by atomic mass is 9.88. The molecule has 6 rings (SSSR count). The number of ether oxygens (including phenoxy) is 1. The first-order chi connectivity index (χ1) is 17.6. The minimum atomic E-state index is -0.333. The van der Waals surface area contributed by atoms with Gasteiger partial charge in [-0.05, 0) is 36.5 Å². The Hall–Kier alpha value is -3.36. The monoisotopic (exact) mass is 522 g/mol. The molecule has 9 heteroatoms. The number of benzene rings is 2. The van der Waals surface area contributed by atoms with Gasteiger partial charge in [-0.25, -0.2) is 4.98 Å². The van der Waals surface area contributed by atoms with Gasteiger partial charge in [0.05, 0.1) is 42.6 Å². The molecule has 1 atom stereocenters. The lowest BCUT2D eigenvalue weighted by molar-refractivity contribution is 0.0541. The molecule has 2 N–H and O–H groups in total. The smallest absolute Gasteiger partial charge is 0.274 e. The number of aromatic amines is 1. The number of halogens is 1. The van der Waals surface area contributed by atoms with E-state index >= 15 is 0 Å². The van der Waals surface area contributed by atoms with Crippen LogP contribution in [0.3, 0.4) is 0 Å². The van der Waals surface area contributed by atoms with Crippen molar-refractivity contribution in [3.63, 3.8) is 0 Å². The molecule has 0 spiro atoms. The number of carbonyl (C=O) groups excluding carboxylic acids is 1. The molecule has 2 aromatic carbocycles. The van der Waals surface area contributed by atoms with Gasteiger partial charge in [-0.1, -0.05) is 43.5 Å². The zero-order valence-corrected chi connectivity index (χ0v) is 21.6. The standard InChI is InChI=1S/C28H30N4O4.ClH/c1-36-25-13-23-22(30-27(34)24-14-29-26(32(23)24)17-7-3-2-4-8-17)12-21(25)28(35)31-15-19-10-6-5-9-18(19)11-20(31)16-33;/h5-6,9-10,12-14,17,20,33H,2-4,7-8,11,15-16H2,1H3,(H,30,34);1H/t20-;/m1./s1. The highest BCUT2D eigenvalue weighted by Gasteiger charge is 2.32. The molecule has 3 heterocycles. The van der Waals surface area contributed by atoms with Crippen molar-refractivity contribution in [3.8, 4) is 5.75 Å². The van der Waals surface area contributed by atoms with Crippen LogP contribution in [0.4, 0.5) is 0 Å². The normalized spacial score (nSPS) is 18.0. The molecule has 2 aromatic heterocycles. The number of H-pyrrole nitrogens is 1. The van der Waals surface area contributed by atoms with Crippen molar-refractivity contribution in [2.75, 3.05) is 13.7 Å². The van der Waals surface area contributed by atoms with Crippen LogP contribution in [0.25, 0.3) is 16.6 Å². The molecule has 0 saturated heterocycles. The Bertz CT molecular complexity index is 1520. The second-order valence-electron chi connectivity index (χ2n) is 9.94. The minimum absolute atomic E-state index is 0. The number of carbonyl (C=O) groups is 1. The Morgan fingerprint density at radius 3 is 2.62 bits per heavy atom. The minimum Gasteiger partial charge on any atom is -0.496 e. The first-order valence-corrected chi connectivity index (χ1v) is 12.7. The maximum atomic E-state index is 13.8. The van der Waals surface area contributed by atoms with E-state index < -0.39 is 0 Å². The molecular formula is C28H31ClN4O4. The van der Waals surface area contributed by atoms with Gasteiger partial charge < -0.3 is 19.7 Å². The fourth-order valence-electron chi connectivity index (χ4n) is 5.95. The lowest BCUT2D eigenvalue weighted by Crippen LogP contribution is -2.46. The average Bonchev–Trinajstić information content (AvgIpc) is 3.38. The predicted molar refractivity (Wildman–Crippen MR) is 144 cm³/mol. The summed E-state index contributed by atoms with van der Waals surface area (Å²) in [5.41, 5.74) is 4.16. The number of rotatable bonds is 4. The first-order valence-electron chi connectivity index (χ1n) is 12.7. The van der Waals surface area contributed by atoms with Crippen LogP contribution in [-0.4, -0.2) is 50.0 Å². The number of aliphatic hydroxyl groups excluding tert-OH is 1. The summed E-state index contributed by atoms with van der Waals surface area (Å²) < 4.78 is 7.65. The fourth-order valence-corrected chi connectivity index (χ4v) is 5.95. The Morgan fingerprint density at radius 2 is 1.89 bits per heavy atom. The maximum Gasteiger partial charge on any atom is 0.274 e. The fraction of sp³-hybridized carbons (Fsp3) is 0.393. The summed E-state index contributed by atoms with van der Waals surface area (Å²) >= 11 is 0. The van der Waals surface area contributed by atoms with Gasteiger partial charge in [0.1, 0.15) is 17.1 Å². The molecule has 0 bridgehead atoms. The quantitative estimate of drug-likeness (QED) is 0.418. The van der Waals surface area contributed by atoms with Crippen LogP contribution in [0, 0.1) is 0 Å². The number of methoxy groups -OCH3 is 1. The number of fused-ring (bicyclic) bond motifs is 4. The Labute approximate surface area is 220 Å². The molecular weight excluding hydrogens is 492 g/mol. The molecule has 0 radical (unpaired) electrons. The Kier molecular flexibility index (Phi) is 6.96. The van der Waals surface area contributed by atoms with E-state index in [2.05, 4.69) is 9.97 Å². The zero-order valence-electron chi connectivity index (χ0n) is 20.8. The van der Waals surface area contributed by atoms with Gasteiger partial charge in [-0.2, -0.15) is 0 Å². The molecule has 1 fully saturated rings. The summed E-state index contributed by atoms with van der Waals surface area (Å²) in [7, 11) is 1.55. The number of imidazole rings is 1. The van der Waals surface area contributed by atoms with E-state index in [1.54, 1.807) is 24.3 Å². The highest BCUT2D eigenvalue weighted by atomic mass is 35.5. The summed E-state index contributed by atoms with van der Waals surface area (Å²) in [6.45, 7) is 0.275. The third kappa shape index (κ3) is 4.28. The van der Waals surface area contributed by atoms with E-state index in [-0.39, 0.29) is 36.5 Å². The maximum absolute atomic E-state index is 13.8. The van der Waals surface area contributed by atoms with Crippen molar-refractivity contribution in [2.45, 2.75) is 57.0 Å². The highest BCUT2D eigenvalue weighted by molar-refractivity contribution is 6.01. The molecule has 0 unspecified atom stereocenters. The van der Waals surface area contributed by atoms with Crippen molar-refractivity contribution < 1.29 is 14.6 Å². The number of amides is 1. The van der Waals surface area contributed by atoms with Gasteiger partial charge in [0, 0.05) is 18.5 Å². The van der Waals surface area contributed by atoms with Crippen LogP contribution in [0.1, 0.15) is 65.3 Å². The van der Waals surface area contributed by atoms with Crippen LogP contribution in [-0.2, 0) is 13.0 Å². The number of nitrogens with zero attached hydrogens (tertiary/aromatic N) is 3.